The van der Waals surface area contributed by atoms with E-state index in [0.29, 0.717) is 11.5 Å². The Morgan fingerprint density at radius 3 is 2.55 bits per heavy atom. The maximum absolute atomic E-state index is 11.2. The second-order valence-electron chi connectivity index (χ2n) is 4.86. The number of rotatable bonds is 3. The average Bonchev–Trinajstić information content (AvgIpc) is 2.85. The van der Waals surface area contributed by atoms with Gasteiger partial charge in [-0.3, -0.25) is 4.40 Å². The van der Waals surface area contributed by atoms with Crippen molar-refractivity contribution in [2.45, 2.75) is 20.3 Å². The molecule has 0 atom stereocenters. The van der Waals surface area contributed by atoms with E-state index in [1.54, 1.807) is 4.40 Å². The van der Waals surface area contributed by atoms with Gasteiger partial charge in [0.25, 0.3) is 0 Å². The number of hydrogen-bond acceptors (Lipinski definition) is 3. The van der Waals surface area contributed by atoms with E-state index in [9.17, 15) is 4.91 Å². The summed E-state index contributed by atoms with van der Waals surface area (Å²) in [4.78, 5) is 15.7. The molecule has 0 saturated carbocycles. The van der Waals surface area contributed by atoms with Crippen LogP contribution in [0.2, 0.25) is 0 Å². The Hall–Kier alpha value is -2.49. The van der Waals surface area contributed by atoms with Gasteiger partial charge in [0, 0.05) is 11.8 Å². The summed E-state index contributed by atoms with van der Waals surface area (Å²) in [6, 6.07) is 12.0. The fourth-order valence-corrected chi connectivity index (χ4v) is 2.32. The average molecular weight is 265 g/mol. The van der Waals surface area contributed by atoms with Gasteiger partial charge >= 0.3 is 0 Å². The lowest BCUT2D eigenvalue weighted by Crippen LogP contribution is -1.84. The summed E-state index contributed by atoms with van der Waals surface area (Å²) in [5.74, 6) is 0.355. The van der Waals surface area contributed by atoms with Gasteiger partial charge in [0.05, 0.1) is 0 Å². The van der Waals surface area contributed by atoms with E-state index in [-0.39, 0.29) is 0 Å². The van der Waals surface area contributed by atoms with Gasteiger partial charge in [0.2, 0.25) is 5.82 Å². The van der Waals surface area contributed by atoms with Gasteiger partial charge in [-0.1, -0.05) is 37.3 Å². The highest BCUT2D eigenvalue weighted by atomic mass is 16.3. The van der Waals surface area contributed by atoms with Crippen LogP contribution in [0.5, 0.6) is 0 Å². The molecule has 1 aromatic carbocycles. The molecule has 0 aliphatic heterocycles. The number of imidazole rings is 1. The maximum Gasteiger partial charge on any atom is 0.209 e. The van der Waals surface area contributed by atoms with Crippen molar-refractivity contribution in [3.8, 4) is 11.3 Å². The van der Waals surface area contributed by atoms with E-state index in [1.807, 2.05) is 37.4 Å². The fraction of sp³-hybridized carbons (Fsp3) is 0.188. The predicted octanol–water partition coefficient (Wildman–Crippen LogP) is 4.27. The Labute approximate surface area is 117 Å². The van der Waals surface area contributed by atoms with Crippen LogP contribution in [0.25, 0.3) is 16.9 Å². The summed E-state index contributed by atoms with van der Waals surface area (Å²) in [5.41, 5.74) is 4.60. The first kappa shape index (κ1) is 12.5. The first-order valence-corrected chi connectivity index (χ1v) is 6.64. The normalized spacial score (nSPS) is 10.9. The lowest BCUT2D eigenvalue weighted by atomic mass is 10.1. The second-order valence-corrected chi connectivity index (χ2v) is 4.86. The van der Waals surface area contributed by atoms with E-state index < -0.39 is 0 Å². The van der Waals surface area contributed by atoms with E-state index in [1.165, 1.54) is 5.56 Å². The van der Waals surface area contributed by atoms with Crippen molar-refractivity contribution in [2.24, 2.45) is 5.18 Å². The molecule has 0 amide bonds. The molecule has 0 fully saturated rings. The molecular formula is C16H15N3O. The van der Waals surface area contributed by atoms with Gasteiger partial charge in [-0.25, -0.2) is 4.98 Å². The molecule has 0 saturated heterocycles. The maximum atomic E-state index is 11.2. The third-order valence-corrected chi connectivity index (χ3v) is 3.46. The van der Waals surface area contributed by atoms with Gasteiger partial charge in [-0.15, -0.1) is 4.91 Å². The molecule has 20 heavy (non-hydrogen) atoms. The van der Waals surface area contributed by atoms with Gasteiger partial charge < -0.3 is 0 Å². The largest absolute Gasteiger partial charge is 0.281 e. The van der Waals surface area contributed by atoms with Crippen LogP contribution in [0.15, 0.2) is 47.8 Å². The third-order valence-electron chi connectivity index (χ3n) is 3.46. The van der Waals surface area contributed by atoms with Crippen LogP contribution in [0, 0.1) is 11.8 Å². The van der Waals surface area contributed by atoms with Gasteiger partial charge in [-0.05, 0) is 35.7 Å². The lowest BCUT2D eigenvalue weighted by Gasteiger charge is -2.00. The smallest absolute Gasteiger partial charge is 0.209 e. The Bertz CT molecular complexity index is 772. The molecule has 4 nitrogen and oxygen atoms in total. The minimum absolute atomic E-state index is 0.355. The van der Waals surface area contributed by atoms with Gasteiger partial charge in [0.15, 0.2) is 0 Å². The van der Waals surface area contributed by atoms with Crippen LogP contribution in [-0.2, 0) is 6.42 Å². The van der Waals surface area contributed by atoms with Crippen LogP contribution in [0.1, 0.15) is 18.1 Å². The topological polar surface area (TPSA) is 46.7 Å². The minimum Gasteiger partial charge on any atom is -0.281 e. The highest BCUT2D eigenvalue weighted by Crippen LogP contribution is 2.31. The number of nitroso groups, excluding NO2 is 1. The number of fused-ring (bicyclic) bond motifs is 1. The SMILES string of the molecule is CCc1ccc(-c2nc3ccc(C)cn3c2N=O)cc1. The standard InChI is InChI=1S/C16H15N3O/c1-3-12-5-7-13(8-6-12)15-16(18-20)19-10-11(2)4-9-14(19)17-15/h4-10H,3H2,1-2H3. The zero-order valence-corrected chi connectivity index (χ0v) is 11.5. The second kappa shape index (κ2) is 4.89. The van der Waals surface area contributed by atoms with Crippen LogP contribution in [0.4, 0.5) is 5.82 Å². The van der Waals surface area contributed by atoms with Crippen LogP contribution < -0.4 is 0 Å². The zero-order chi connectivity index (χ0) is 14.1. The monoisotopic (exact) mass is 265 g/mol. The quantitative estimate of drug-likeness (QED) is 0.664. The summed E-state index contributed by atoms with van der Waals surface area (Å²) >= 11 is 0. The van der Waals surface area contributed by atoms with E-state index in [4.69, 9.17) is 0 Å². The van der Waals surface area contributed by atoms with E-state index in [0.717, 1.165) is 23.2 Å². The van der Waals surface area contributed by atoms with Crippen LogP contribution in [-0.4, -0.2) is 9.38 Å². The zero-order valence-electron chi connectivity index (χ0n) is 11.5. The van der Waals surface area contributed by atoms with Crippen molar-refractivity contribution in [1.82, 2.24) is 9.38 Å². The number of aryl methyl sites for hydroxylation is 2. The lowest BCUT2D eigenvalue weighted by molar-refractivity contribution is 1.14. The third kappa shape index (κ3) is 1.99. The molecule has 0 radical (unpaired) electrons. The number of nitrogens with zero attached hydrogens (tertiary/aromatic N) is 3. The molecule has 0 spiro atoms. The summed E-state index contributed by atoms with van der Waals surface area (Å²) in [5, 5.41) is 3.17. The first-order chi connectivity index (χ1) is 9.72. The minimum atomic E-state index is 0.355. The Morgan fingerprint density at radius 2 is 1.90 bits per heavy atom. The number of pyridine rings is 1. The molecule has 0 aliphatic rings. The van der Waals surface area contributed by atoms with Crippen molar-refractivity contribution in [3.63, 3.8) is 0 Å². The number of benzene rings is 1. The Kier molecular flexibility index (Phi) is 3.06. The molecule has 0 unspecified atom stereocenters. The molecule has 3 aromatic rings. The molecular weight excluding hydrogens is 250 g/mol. The fourth-order valence-electron chi connectivity index (χ4n) is 2.32. The number of aromatic nitrogens is 2. The molecule has 2 heterocycles. The van der Waals surface area contributed by atoms with Crippen LogP contribution in [0.3, 0.4) is 0 Å². The molecule has 4 heteroatoms. The summed E-state index contributed by atoms with van der Waals surface area (Å²) < 4.78 is 1.74. The molecule has 100 valence electrons. The Balaban J connectivity index is 2.21. The highest BCUT2D eigenvalue weighted by Gasteiger charge is 2.14. The van der Waals surface area contributed by atoms with Crippen molar-refractivity contribution in [1.29, 1.82) is 0 Å². The highest BCUT2D eigenvalue weighted by molar-refractivity contribution is 5.74. The molecule has 2 aromatic heterocycles. The summed E-state index contributed by atoms with van der Waals surface area (Å²) in [7, 11) is 0. The number of hydrogen-bond donors (Lipinski definition) is 0. The van der Waals surface area contributed by atoms with E-state index in [2.05, 4.69) is 29.2 Å². The predicted molar refractivity (Wildman–Crippen MR) is 80.2 cm³/mol. The van der Waals surface area contributed by atoms with E-state index >= 15 is 0 Å². The van der Waals surface area contributed by atoms with Gasteiger partial charge in [-0.2, -0.15) is 0 Å². The van der Waals surface area contributed by atoms with Crippen molar-refractivity contribution in [2.75, 3.05) is 0 Å². The molecule has 0 bridgehead atoms. The van der Waals surface area contributed by atoms with Crippen molar-refractivity contribution in [3.05, 3.63) is 58.6 Å². The van der Waals surface area contributed by atoms with Crippen LogP contribution >= 0.6 is 0 Å². The van der Waals surface area contributed by atoms with Gasteiger partial charge in [0.1, 0.15) is 11.3 Å². The van der Waals surface area contributed by atoms with Crippen molar-refractivity contribution >= 4 is 11.5 Å². The molecule has 0 N–H and O–H groups in total. The molecule has 3 rings (SSSR count). The first-order valence-electron chi connectivity index (χ1n) is 6.64. The Morgan fingerprint density at radius 1 is 1.15 bits per heavy atom. The summed E-state index contributed by atoms with van der Waals surface area (Å²) in [6.07, 6.45) is 2.87. The van der Waals surface area contributed by atoms with Crippen molar-refractivity contribution < 1.29 is 0 Å². The summed E-state index contributed by atoms with van der Waals surface area (Å²) in [6.45, 7) is 4.09. The molecule has 0 aliphatic carbocycles.